The Morgan fingerprint density at radius 2 is 1.83 bits per heavy atom. The number of carbonyl (C=O) groups is 1. The van der Waals surface area contributed by atoms with Crippen LogP contribution in [0.2, 0.25) is 0 Å². The number of amidine groups is 1. The minimum atomic E-state index is -3.77. The van der Waals surface area contributed by atoms with Gasteiger partial charge in [0.15, 0.2) is 0 Å². The first-order chi connectivity index (χ1) is 11.0. The van der Waals surface area contributed by atoms with E-state index in [2.05, 4.69) is 15.0 Å². The Balaban J connectivity index is 1.78. The standard InChI is InChI=1S/C16H15N3O3S/c1-11-6-2-3-7-12(11)18-16(20)10-15-17-13-8-4-5-9-14(13)23(21,22)19-15/h2-9H,10H2,1H3,(H,17,19)(H,18,20). The summed E-state index contributed by atoms with van der Waals surface area (Å²) in [7, 11) is -3.77. The van der Waals surface area contributed by atoms with E-state index in [1.54, 1.807) is 24.3 Å². The zero-order valence-electron chi connectivity index (χ0n) is 12.4. The molecule has 2 aromatic carbocycles. The van der Waals surface area contributed by atoms with E-state index in [0.717, 1.165) is 5.56 Å². The molecule has 0 saturated carbocycles. The molecule has 0 radical (unpaired) electrons. The van der Waals surface area contributed by atoms with Gasteiger partial charge in [-0.25, -0.2) is 0 Å². The summed E-state index contributed by atoms with van der Waals surface area (Å²) in [5.41, 5.74) is 2.05. The monoisotopic (exact) mass is 329 g/mol. The van der Waals surface area contributed by atoms with Gasteiger partial charge in [-0.1, -0.05) is 30.3 Å². The number of anilines is 2. The Labute approximate surface area is 134 Å². The van der Waals surface area contributed by atoms with Crippen LogP contribution in [0.4, 0.5) is 11.4 Å². The molecule has 0 atom stereocenters. The number of sulfonamides is 1. The van der Waals surface area contributed by atoms with Crippen LogP contribution in [-0.2, 0) is 14.8 Å². The van der Waals surface area contributed by atoms with Gasteiger partial charge in [-0.2, -0.15) is 8.42 Å². The quantitative estimate of drug-likeness (QED) is 0.906. The maximum atomic E-state index is 12.1. The van der Waals surface area contributed by atoms with Crippen molar-refractivity contribution in [2.24, 2.45) is 4.40 Å². The normalized spacial score (nSPS) is 15.1. The van der Waals surface area contributed by atoms with Gasteiger partial charge in [0.25, 0.3) is 10.0 Å². The first-order valence-electron chi connectivity index (χ1n) is 7.01. The molecule has 0 saturated heterocycles. The molecule has 1 aliphatic rings. The summed E-state index contributed by atoms with van der Waals surface area (Å²) >= 11 is 0. The summed E-state index contributed by atoms with van der Waals surface area (Å²) in [5, 5.41) is 5.65. The number of rotatable bonds is 3. The molecule has 0 bridgehead atoms. The van der Waals surface area contributed by atoms with Gasteiger partial charge in [0.1, 0.15) is 10.7 Å². The largest absolute Gasteiger partial charge is 0.341 e. The SMILES string of the molecule is Cc1ccccc1NC(=O)CC1=NS(=O)(=O)c2ccccc2N1. The lowest BCUT2D eigenvalue weighted by Gasteiger charge is -2.18. The molecule has 7 heteroatoms. The lowest BCUT2D eigenvalue weighted by atomic mass is 10.2. The highest BCUT2D eigenvalue weighted by atomic mass is 32.2. The van der Waals surface area contributed by atoms with E-state index >= 15 is 0 Å². The van der Waals surface area contributed by atoms with E-state index < -0.39 is 10.0 Å². The molecule has 2 N–H and O–H groups in total. The summed E-state index contributed by atoms with van der Waals surface area (Å²) < 4.78 is 27.9. The van der Waals surface area contributed by atoms with Gasteiger partial charge in [-0.15, -0.1) is 4.40 Å². The molecule has 0 spiro atoms. The van der Waals surface area contributed by atoms with E-state index in [1.165, 1.54) is 6.07 Å². The number of carbonyl (C=O) groups excluding carboxylic acids is 1. The van der Waals surface area contributed by atoms with Crippen molar-refractivity contribution in [1.82, 2.24) is 0 Å². The summed E-state index contributed by atoms with van der Waals surface area (Å²) in [4.78, 5) is 12.2. The van der Waals surface area contributed by atoms with Gasteiger partial charge in [-0.3, -0.25) is 4.79 Å². The predicted octanol–water partition coefficient (Wildman–Crippen LogP) is 2.54. The van der Waals surface area contributed by atoms with Crippen LogP contribution in [0.25, 0.3) is 0 Å². The zero-order valence-corrected chi connectivity index (χ0v) is 13.2. The third kappa shape index (κ3) is 3.24. The highest BCUT2D eigenvalue weighted by Gasteiger charge is 2.25. The van der Waals surface area contributed by atoms with Crippen LogP contribution >= 0.6 is 0 Å². The Hall–Kier alpha value is -2.67. The highest BCUT2D eigenvalue weighted by molar-refractivity contribution is 7.90. The molecule has 118 valence electrons. The third-order valence-corrected chi connectivity index (χ3v) is 4.79. The maximum Gasteiger partial charge on any atom is 0.286 e. The Morgan fingerprint density at radius 3 is 2.61 bits per heavy atom. The van der Waals surface area contributed by atoms with Crippen LogP contribution in [0.1, 0.15) is 12.0 Å². The van der Waals surface area contributed by atoms with Crippen molar-refractivity contribution >= 4 is 33.1 Å². The zero-order chi connectivity index (χ0) is 16.4. The summed E-state index contributed by atoms with van der Waals surface area (Å²) in [6.07, 6.45) is -0.151. The van der Waals surface area contributed by atoms with Crippen molar-refractivity contribution < 1.29 is 13.2 Å². The van der Waals surface area contributed by atoms with E-state index in [0.29, 0.717) is 11.4 Å². The number of nitrogens with zero attached hydrogens (tertiary/aromatic N) is 1. The smallest absolute Gasteiger partial charge is 0.286 e. The molecular weight excluding hydrogens is 314 g/mol. The number of aryl methyl sites for hydroxylation is 1. The number of nitrogens with one attached hydrogen (secondary N) is 2. The fraction of sp³-hybridized carbons (Fsp3) is 0.125. The van der Waals surface area contributed by atoms with Gasteiger partial charge >= 0.3 is 0 Å². The van der Waals surface area contributed by atoms with Crippen molar-refractivity contribution in [3.63, 3.8) is 0 Å². The molecule has 23 heavy (non-hydrogen) atoms. The summed E-state index contributed by atoms with van der Waals surface area (Å²) in [5.74, 6) is -0.227. The van der Waals surface area contributed by atoms with Crippen LogP contribution in [0.15, 0.2) is 57.8 Å². The second-order valence-corrected chi connectivity index (χ2v) is 6.75. The highest BCUT2D eigenvalue weighted by Crippen LogP contribution is 2.27. The average molecular weight is 329 g/mol. The maximum absolute atomic E-state index is 12.1. The molecular formula is C16H15N3O3S. The van der Waals surface area contributed by atoms with Gasteiger partial charge < -0.3 is 10.6 Å². The van der Waals surface area contributed by atoms with Crippen LogP contribution in [-0.4, -0.2) is 20.2 Å². The summed E-state index contributed by atoms with van der Waals surface area (Å²) in [6, 6.07) is 13.8. The molecule has 0 fully saturated rings. The molecule has 3 rings (SSSR count). The van der Waals surface area contributed by atoms with Crippen LogP contribution < -0.4 is 10.6 Å². The number of hydrogen-bond acceptors (Lipinski definition) is 4. The Morgan fingerprint density at radius 1 is 1.13 bits per heavy atom. The molecule has 2 aromatic rings. The number of hydrogen-bond donors (Lipinski definition) is 2. The third-order valence-electron chi connectivity index (χ3n) is 3.42. The van der Waals surface area contributed by atoms with E-state index in [9.17, 15) is 13.2 Å². The minimum absolute atomic E-state index is 0.106. The van der Waals surface area contributed by atoms with Gasteiger partial charge in [0.05, 0.1) is 12.1 Å². The van der Waals surface area contributed by atoms with Crippen molar-refractivity contribution in [3.8, 4) is 0 Å². The van der Waals surface area contributed by atoms with E-state index in [-0.39, 0.29) is 23.1 Å². The number of benzene rings is 2. The predicted molar refractivity (Wildman–Crippen MR) is 89.1 cm³/mol. The van der Waals surface area contributed by atoms with Crippen LogP contribution in [0, 0.1) is 6.92 Å². The van der Waals surface area contributed by atoms with Gasteiger partial charge in [-0.05, 0) is 30.7 Å². The lowest BCUT2D eigenvalue weighted by Crippen LogP contribution is -2.26. The van der Waals surface area contributed by atoms with Crippen molar-refractivity contribution in [3.05, 3.63) is 54.1 Å². The minimum Gasteiger partial charge on any atom is -0.341 e. The molecule has 1 aliphatic heterocycles. The Bertz CT molecular complexity index is 904. The fourth-order valence-electron chi connectivity index (χ4n) is 2.30. The molecule has 0 aliphatic carbocycles. The van der Waals surface area contributed by atoms with Crippen LogP contribution in [0.5, 0.6) is 0 Å². The van der Waals surface area contributed by atoms with E-state index in [1.807, 2.05) is 25.1 Å². The van der Waals surface area contributed by atoms with Crippen LogP contribution in [0.3, 0.4) is 0 Å². The number of para-hydroxylation sites is 2. The molecule has 0 unspecified atom stereocenters. The first kappa shape index (κ1) is 15.2. The first-order valence-corrected chi connectivity index (χ1v) is 8.45. The van der Waals surface area contributed by atoms with E-state index in [4.69, 9.17) is 0 Å². The fourth-order valence-corrected chi connectivity index (χ4v) is 3.45. The van der Waals surface area contributed by atoms with Crippen molar-refractivity contribution in [1.29, 1.82) is 0 Å². The second kappa shape index (κ2) is 5.85. The lowest BCUT2D eigenvalue weighted by molar-refractivity contribution is -0.115. The van der Waals surface area contributed by atoms with Gasteiger partial charge in [0.2, 0.25) is 5.91 Å². The van der Waals surface area contributed by atoms with Crippen molar-refractivity contribution in [2.75, 3.05) is 10.6 Å². The van der Waals surface area contributed by atoms with Crippen molar-refractivity contribution in [2.45, 2.75) is 18.2 Å². The Kier molecular flexibility index (Phi) is 3.87. The summed E-state index contributed by atoms with van der Waals surface area (Å²) in [6.45, 7) is 1.88. The molecule has 1 amide bonds. The average Bonchev–Trinajstić information content (AvgIpc) is 2.49. The topological polar surface area (TPSA) is 87.6 Å². The second-order valence-electron chi connectivity index (χ2n) is 5.17. The number of fused-ring (bicyclic) bond motifs is 1. The van der Waals surface area contributed by atoms with Gasteiger partial charge in [0, 0.05) is 5.69 Å². The molecule has 0 aromatic heterocycles. The molecule has 1 heterocycles. The number of amides is 1. The molecule has 6 nitrogen and oxygen atoms in total.